The van der Waals surface area contributed by atoms with Crippen LogP contribution in [0.2, 0.25) is 0 Å². The van der Waals surface area contributed by atoms with Gasteiger partial charge in [-0.25, -0.2) is 9.38 Å². The Balaban J connectivity index is 0.00000133. The average Bonchev–Trinajstić information content (AvgIpc) is 3.28. The van der Waals surface area contributed by atoms with Gasteiger partial charge in [0.1, 0.15) is 0 Å². The summed E-state index contributed by atoms with van der Waals surface area (Å²) >= 11 is 0. The largest absolute Gasteiger partial charge is 0.370 e. The summed E-state index contributed by atoms with van der Waals surface area (Å²) < 4.78 is 14.6. The smallest absolute Gasteiger partial charge is 0.191 e. The number of rotatable bonds is 3. The number of alkyl halides is 1. The lowest BCUT2D eigenvalue weighted by Gasteiger charge is -2.17. The van der Waals surface area contributed by atoms with E-state index in [1.165, 1.54) is 0 Å². The summed E-state index contributed by atoms with van der Waals surface area (Å²) in [6.45, 7) is 0. The van der Waals surface area contributed by atoms with E-state index in [0.29, 0.717) is 24.0 Å². The third-order valence-electron chi connectivity index (χ3n) is 3.86. The molecule has 2 fully saturated rings. The molecule has 2 unspecified atom stereocenters. The molecule has 0 aromatic heterocycles. The Kier molecular flexibility index (Phi) is 4.03. The molecule has 5 heteroatoms. The van der Waals surface area contributed by atoms with E-state index in [9.17, 15) is 4.39 Å². The first-order valence-electron chi connectivity index (χ1n) is 6.42. The van der Waals surface area contributed by atoms with Crippen LogP contribution in [0.3, 0.4) is 0 Å². The van der Waals surface area contributed by atoms with Gasteiger partial charge in [-0.15, -0.1) is 24.0 Å². The number of nitrogens with two attached hydrogens (primary N) is 1. The number of guanidine groups is 1. The van der Waals surface area contributed by atoms with E-state index in [0.717, 1.165) is 12.8 Å². The molecule has 3 rings (SSSR count). The molecule has 3 nitrogen and oxygen atoms in total. The zero-order valence-electron chi connectivity index (χ0n) is 10.9. The van der Waals surface area contributed by atoms with E-state index >= 15 is 0 Å². The molecular formula is C14H19FIN3. The van der Waals surface area contributed by atoms with Gasteiger partial charge in [0, 0.05) is 19.5 Å². The SMILES string of the molecule is CN(C(N)=NC1CC1(F)c1ccccc1)C1CC1.I. The minimum atomic E-state index is -1.31. The summed E-state index contributed by atoms with van der Waals surface area (Å²) in [7, 11) is 1.93. The Hall–Kier alpha value is -0.850. The molecule has 104 valence electrons. The monoisotopic (exact) mass is 375 g/mol. The lowest BCUT2D eigenvalue weighted by Crippen LogP contribution is -2.36. The highest BCUT2D eigenvalue weighted by atomic mass is 127. The van der Waals surface area contributed by atoms with E-state index in [2.05, 4.69) is 4.99 Å². The van der Waals surface area contributed by atoms with Crippen LogP contribution >= 0.6 is 24.0 Å². The summed E-state index contributed by atoms with van der Waals surface area (Å²) in [5.74, 6) is 0.470. The summed E-state index contributed by atoms with van der Waals surface area (Å²) in [6.07, 6.45) is 2.77. The highest BCUT2D eigenvalue weighted by Gasteiger charge is 2.57. The molecule has 0 spiro atoms. The average molecular weight is 375 g/mol. The third kappa shape index (κ3) is 2.85. The van der Waals surface area contributed by atoms with Crippen molar-refractivity contribution < 1.29 is 4.39 Å². The maximum Gasteiger partial charge on any atom is 0.191 e. The lowest BCUT2D eigenvalue weighted by atomic mass is 10.1. The van der Waals surface area contributed by atoms with Gasteiger partial charge in [-0.05, 0) is 18.4 Å². The first-order chi connectivity index (χ1) is 8.61. The molecule has 2 N–H and O–H groups in total. The number of nitrogens with zero attached hydrogens (tertiary/aromatic N) is 2. The van der Waals surface area contributed by atoms with Crippen molar-refractivity contribution in [1.82, 2.24) is 4.90 Å². The fourth-order valence-electron chi connectivity index (χ4n) is 2.30. The molecule has 0 saturated heterocycles. The number of hydrogen-bond acceptors (Lipinski definition) is 1. The highest BCUT2D eigenvalue weighted by molar-refractivity contribution is 14.0. The molecule has 2 aliphatic carbocycles. The van der Waals surface area contributed by atoms with Gasteiger partial charge < -0.3 is 10.6 Å². The Morgan fingerprint density at radius 1 is 1.37 bits per heavy atom. The molecule has 2 aliphatic rings. The van der Waals surface area contributed by atoms with Gasteiger partial charge in [0.15, 0.2) is 11.6 Å². The van der Waals surface area contributed by atoms with E-state index in [1.807, 2.05) is 42.3 Å². The first-order valence-corrected chi connectivity index (χ1v) is 6.42. The van der Waals surface area contributed by atoms with Crippen molar-refractivity contribution >= 4 is 29.9 Å². The normalized spacial score (nSPS) is 29.6. The van der Waals surface area contributed by atoms with Crippen LogP contribution in [0.1, 0.15) is 24.8 Å². The van der Waals surface area contributed by atoms with Crippen LogP contribution in [0.5, 0.6) is 0 Å². The minimum absolute atomic E-state index is 0. The molecule has 2 atom stereocenters. The van der Waals surface area contributed by atoms with Crippen molar-refractivity contribution in [2.24, 2.45) is 10.7 Å². The molecule has 0 aliphatic heterocycles. The number of aliphatic imine (C=N–C) groups is 1. The quantitative estimate of drug-likeness (QED) is 0.502. The van der Waals surface area contributed by atoms with Crippen LogP contribution in [-0.4, -0.2) is 30.0 Å². The Morgan fingerprint density at radius 3 is 2.58 bits per heavy atom. The molecule has 0 bridgehead atoms. The van der Waals surface area contributed by atoms with Gasteiger partial charge in [0.25, 0.3) is 0 Å². The maximum absolute atomic E-state index is 14.6. The molecule has 1 aromatic carbocycles. The van der Waals surface area contributed by atoms with E-state index < -0.39 is 5.67 Å². The van der Waals surface area contributed by atoms with Crippen LogP contribution < -0.4 is 5.73 Å². The zero-order valence-corrected chi connectivity index (χ0v) is 13.3. The molecule has 19 heavy (non-hydrogen) atoms. The molecule has 0 radical (unpaired) electrons. The van der Waals surface area contributed by atoms with Crippen molar-refractivity contribution in [2.75, 3.05) is 7.05 Å². The van der Waals surface area contributed by atoms with E-state index in [1.54, 1.807) is 0 Å². The highest BCUT2D eigenvalue weighted by Crippen LogP contribution is 2.52. The molecule has 0 amide bonds. The molecule has 2 saturated carbocycles. The van der Waals surface area contributed by atoms with Gasteiger partial charge in [0.05, 0.1) is 6.04 Å². The number of hydrogen-bond donors (Lipinski definition) is 1. The van der Waals surface area contributed by atoms with Crippen molar-refractivity contribution in [2.45, 2.75) is 37.0 Å². The van der Waals surface area contributed by atoms with Gasteiger partial charge in [-0.3, -0.25) is 0 Å². The predicted octanol–water partition coefficient (Wildman–Crippen LogP) is 2.65. The lowest BCUT2D eigenvalue weighted by molar-refractivity contribution is 0.305. The molecule has 1 aromatic rings. The van der Waals surface area contributed by atoms with Gasteiger partial charge >= 0.3 is 0 Å². The van der Waals surface area contributed by atoms with Crippen molar-refractivity contribution in [3.63, 3.8) is 0 Å². The topological polar surface area (TPSA) is 41.6 Å². The fraction of sp³-hybridized carbons (Fsp3) is 0.500. The maximum atomic E-state index is 14.6. The van der Waals surface area contributed by atoms with Crippen LogP contribution in [-0.2, 0) is 5.67 Å². The third-order valence-corrected chi connectivity index (χ3v) is 3.86. The number of halogens is 2. The second-order valence-electron chi connectivity index (χ2n) is 5.28. The van der Waals surface area contributed by atoms with Gasteiger partial charge in [0.2, 0.25) is 0 Å². The molecular weight excluding hydrogens is 356 g/mol. The van der Waals surface area contributed by atoms with Crippen molar-refractivity contribution in [1.29, 1.82) is 0 Å². The molecule has 0 heterocycles. The fourth-order valence-corrected chi connectivity index (χ4v) is 2.30. The summed E-state index contributed by atoms with van der Waals surface area (Å²) in [4.78, 5) is 6.29. The first kappa shape index (κ1) is 14.6. The van der Waals surface area contributed by atoms with Crippen molar-refractivity contribution in [3.8, 4) is 0 Å². The summed E-state index contributed by atoms with van der Waals surface area (Å²) in [6, 6.07) is 9.43. The van der Waals surface area contributed by atoms with E-state index in [-0.39, 0.29) is 30.0 Å². The Bertz CT molecular complexity index is 475. The predicted molar refractivity (Wildman–Crippen MR) is 85.5 cm³/mol. The number of benzene rings is 1. The Morgan fingerprint density at radius 2 is 2.00 bits per heavy atom. The summed E-state index contributed by atoms with van der Waals surface area (Å²) in [5, 5.41) is 0. The van der Waals surface area contributed by atoms with Gasteiger partial charge in [-0.1, -0.05) is 30.3 Å². The summed E-state index contributed by atoms with van der Waals surface area (Å²) in [5.41, 5.74) is 5.31. The van der Waals surface area contributed by atoms with Crippen LogP contribution in [0.4, 0.5) is 4.39 Å². The van der Waals surface area contributed by atoms with Crippen LogP contribution in [0, 0.1) is 0 Å². The van der Waals surface area contributed by atoms with Crippen molar-refractivity contribution in [3.05, 3.63) is 35.9 Å². The van der Waals surface area contributed by atoms with Crippen LogP contribution in [0.25, 0.3) is 0 Å². The van der Waals surface area contributed by atoms with Gasteiger partial charge in [-0.2, -0.15) is 0 Å². The van der Waals surface area contributed by atoms with E-state index in [4.69, 9.17) is 5.73 Å². The second kappa shape index (κ2) is 5.26. The van der Waals surface area contributed by atoms with Crippen LogP contribution in [0.15, 0.2) is 35.3 Å². The second-order valence-corrected chi connectivity index (χ2v) is 5.28. The Labute approximate surface area is 130 Å². The zero-order chi connectivity index (χ0) is 12.8. The standard InChI is InChI=1S/C14H18FN3.HI/c1-18(11-7-8-11)13(16)17-12-9-14(12,15)10-5-3-2-4-6-10;/h2-6,11-12H,7-9H2,1H3,(H2,16,17);1H. The minimum Gasteiger partial charge on any atom is -0.370 e.